The maximum Gasteiger partial charge on any atom is 0.326 e. The number of ether oxygens (including phenoxy) is 2. The molecule has 6 heteroatoms. The Balaban J connectivity index is 1.50. The minimum Gasteiger partial charge on any atom is -0.480 e. The Labute approximate surface area is 137 Å². The fourth-order valence-corrected chi connectivity index (χ4v) is 4.32. The predicted octanol–water partition coefficient (Wildman–Crippen LogP) is 1.82. The van der Waals surface area contributed by atoms with E-state index in [2.05, 4.69) is 0 Å². The Hall–Kier alpha value is -1.14. The maximum atomic E-state index is 12.6. The molecule has 2 aliphatic heterocycles. The third-order valence-corrected chi connectivity index (χ3v) is 5.45. The van der Waals surface area contributed by atoms with E-state index in [1.54, 1.807) is 4.90 Å². The lowest BCUT2D eigenvalue weighted by Crippen LogP contribution is -2.46. The van der Waals surface area contributed by atoms with Gasteiger partial charge in [-0.1, -0.05) is 12.8 Å². The van der Waals surface area contributed by atoms with Crippen molar-refractivity contribution in [3.63, 3.8) is 0 Å². The van der Waals surface area contributed by atoms with Crippen LogP contribution in [0.25, 0.3) is 0 Å². The molecule has 3 rings (SSSR count). The van der Waals surface area contributed by atoms with E-state index in [0.29, 0.717) is 25.6 Å². The van der Waals surface area contributed by atoms with Gasteiger partial charge in [0.15, 0.2) is 0 Å². The number of carbonyl (C=O) groups is 2. The van der Waals surface area contributed by atoms with Crippen molar-refractivity contribution in [2.75, 3.05) is 19.8 Å². The molecule has 0 aromatic rings. The van der Waals surface area contributed by atoms with E-state index >= 15 is 0 Å². The number of aliphatic carboxylic acids is 1. The van der Waals surface area contributed by atoms with Crippen LogP contribution in [0.2, 0.25) is 0 Å². The molecule has 3 aliphatic rings. The Kier molecular flexibility index (Phi) is 5.54. The zero-order valence-electron chi connectivity index (χ0n) is 13.6. The lowest BCUT2D eigenvalue weighted by atomic mass is 9.84. The normalized spacial score (nSPS) is 33.7. The third kappa shape index (κ3) is 3.86. The first-order chi connectivity index (χ1) is 11.2. The minimum atomic E-state index is -0.868. The number of carboxylic acids is 1. The summed E-state index contributed by atoms with van der Waals surface area (Å²) in [7, 11) is 0. The number of carbonyl (C=O) groups excluding carboxylic acids is 1. The summed E-state index contributed by atoms with van der Waals surface area (Å²) in [6, 6.07) is -0.524. The molecule has 1 aliphatic carbocycles. The van der Waals surface area contributed by atoms with Crippen LogP contribution >= 0.6 is 0 Å². The average Bonchev–Trinajstić information content (AvgIpc) is 3.18. The van der Waals surface area contributed by atoms with Crippen LogP contribution in [0.5, 0.6) is 0 Å². The van der Waals surface area contributed by atoms with Crippen LogP contribution in [0, 0.1) is 5.92 Å². The van der Waals surface area contributed by atoms with Gasteiger partial charge in [-0.2, -0.15) is 0 Å². The molecule has 6 nitrogen and oxygen atoms in total. The predicted molar refractivity (Wildman–Crippen MR) is 83.0 cm³/mol. The zero-order chi connectivity index (χ0) is 16.2. The zero-order valence-corrected chi connectivity index (χ0v) is 13.6. The molecule has 2 heterocycles. The van der Waals surface area contributed by atoms with Crippen LogP contribution < -0.4 is 0 Å². The third-order valence-electron chi connectivity index (χ3n) is 5.45. The fourth-order valence-electron chi connectivity index (χ4n) is 4.32. The smallest absolute Gasteiger partial charge is 0.326 e. The topological polar surface area (TPSA) is 76.1 Å². The highest BCUT2D eigenvalue weighted by atomic mass is 16.5. The minimum absolute atomic E-state index is 0.0702. The molecule has 23 heavy (non-hydrogen) atoms. The first kappa shape index (κ1) is 16.7. The van der Waals surface area contributed by atoms with Crippen molar-refractivity contribution in [2.45, 2.75) is 69.6 Å². The standard InChI is InChI=1S/C17H27NO5/c19-16(7-9-22-11-13-5-3-8-23-13)18-14-6-2-1-4-12(14)10-15(18)17(20)21/h12-15H,1-11H2,(H,20,21). The van der Waals surface area contributed by atoms with Gasteiger partial charge in [-0.3, -0.25) is 4.79 Å². The van der Waals surface area contributed by atoms with E-state index in [1.165, 1.54) is 0 Å². The van der Waals surface area contributed by atoms with Crippen molar-refractivity contribution in [1.29, 1.82) is 0 Å². The van der Waals surface area contributed by atoms with Crippen LogP contribution in [0.4, 0.5) is 0 Å². The quantitative estimate of drug-likeness (QED) is 0.754. The second-order valence-electron chi connectivity index (χ2n) is 6.96. The molecular weight excluding hydrogens is 298 g/mol. The summed E-state index contributed by atoms with van der Waals surface area (Å²) >= 11 is 0. The highest BCUT2D eigenvalue weighted by molar-refractivity contribution is 5.84. The van der Waals surface area contributed by atoms with E-state index in [0.717, 1.165) is 45.1 Å². The van der Waals surface area contributed by atoms with E-state index < -0.39 is 12.0 Å². The molecule has 2 saturated heterocycles. The van der Waals surface area contributed by atoms with Gasteiger partial charge in [-0.15, -0.1) is 0 Å². The lowest BCUT2D eigenvalue weighted by molar-refractivity contribution is -0.150. The van der Waals surface area contributed by atoms with E-state index in [-0.39, 0.29) is 24.5 Å². The van der Waals surface area contributed by atoms with Gasteiger partial charge >= 0.3 is 5.97 Å². The molecule has 0 aromatic heterocycles. The first-order valence-electron chi connectivity index (χ1n) is 8.90. The van der Waals surface area contributed by atoms with Crippen molar-refractivity contribution < 1.29 is 24.2 Å². The fraction of sp³-hybridized carbons (Fsp3) is 0.882. The molecule has 3 fully saturated rings. The van der Waals surface area contributed by atoms with Gasteiger partial charge in [0.05, 0.1) is 25.7 Å². The second kappa shape index (κ2) is 7.62. The molecule has 4 unspecified atom stereocenters. The second-order valence-corrected chi connectivity index (χ2v) is 6.96. The summed E-state index contributed by atoms with van der Waals surface area (Å²) in [4.78, 5) is 25.7. The summed E-state index contributed by atoms with van der Waals surface area (Å²) in [6.45, 7) is 1.67. The Morgan fingerprint density at radius 2 is 2.00 bits per heavy atom. The molecule has 0 bridgehead atoms. The average molecular weight is 325 g/mol. The van der Waals surface area contributed by atoms with E-state index in [1.807, 2.05) is 0 Å². The maximum absolute atomic E-state index is 12.6. The van der Waals surface area contributed by atoms with Crippen molar-refractivity contribution >= 4 is 11.9 Å². The summed E-state index contributed by atoms with van der Waals surface area (Å²) in [5.74, 6) is -0.575. The summed E-state index contributed by atoms with van der Waals surface area (Å²) < 4.78 is 11.0. The van der Waals surface area contributed by atoms with Gasteiger partial charge in [-0.05, 0) is 38.0 Å². The van der Waals surface area contributed by atoms with Crippen molar-refractivity contribution in [3.05, 3.63) is 0 Å². The molecule has 4 atom stereocenters. The van der Waals surface area contributed by atoms with Gasteiger partial charge in [-0.25, -0.2) is 4.79 Å². The van der Waals surface area contributed by atoms with Gasteiger partial charge in [0.1, 0.15) is 6.04 Å². The van der Waals surface area contributed by atoms with Crippen LogP contribution in [0.1, 0.15) is 51.4 Å². The van der Waals surface area contributed by atoms with Crippen LogP contribution in [0.15, 0.2) is 0 Å². The highest BCUT2D eigenvalue weighted by Crippen LogP contribution is 2.40. The summed E-state index contributed by atoms with van der Waals surface area (Å²) in [6.07, 6.45) is 7.36. The molecule has 1 amide bonds. The van der Waals surface area contributed by atoms with Crippen LogP contribution in [-0.4, -0.2) is 59.9 Å². The van der Waals surface area contributed by atoms with Gasteiger partial charge in [0, 0.05) is 12.6 Å². The van der Waals surface area contributed by atoms with Crippen molar-refractivity contribution in [1.82, 2.24) is 4.90 Å². The van der Waals surface area contributed by atoms with E-state index in [9.17, 15) is 14.7 Å². The number of nitrogens with zero attached hydrogens (tertiary/aromatic N) is 1. The number of amides is 1. The molecule has 0 radical (unpaired) electrons. The number of hydrogen-bond donors (Lipinski definition) is 1. The van der Waals surface area contributed by atoms with Crippen LogP contribution in [0.3, 0.4) is 0 Å². The van der Waals surface area contributed by atoms with Gasteiger partial charge in [0.2, 0.25) is 5.91 Å². The molecule has 0 aromatic carbocycles. The number of hydrogen-bond acceptors (Lipinski definition) is 4. The van der Waals surface area contributed by atoms with Gasteiger partial charge in [0.25, 0.3) is 0 Å². The molecule has 130 valence electrons. The number of fused-ring (bicyclic) bond motifs is 1. The molecule has 0 spiro atoms. The lowest BCUT2D eigenvalue weighted by Gasteiger charge is -2.33. The van der Waals surface area contributed by atoms with E-state index in [4.69, 9.17) is 9.47 Å². The Morgan fingerprint density at radius 3 is 2.74 bits per heavy atom. The number of likely N-dealkylation sites (tertiary alicyclic amines) is 1. The SMILES string of the molecule is O=C(O)C1CC2CCCCC2N1C(=O)CCOCC1CCCO1. The first-order valence-corrected chi connectivity index (χ1v) is 8.90. The largest absolute Gasteiger partial charge is 0.480 e. The Bertz CT molecular complexity index is 435. The number of carboxylic acid groups (broad SMARTS) is 1. The van der Waals surface area contributed by atoms with Crippen molar-refractivity contribution in [3.8, 4) is 0 Å². The van der Waals surface area contributed by atoms with Gasteiger partial charge < -0.3 is 19.5 Å². The van der Waals surface area contributed by atoms with Crippen LogP contribution in [-0.2, 0) is 19.1 Å². The molecule has 1 saturated carbocycles. The number of rotatable bonds is 6. The summed E-state index contributed by atoms with van der Waals surface area (Å²) in [5, 5.41) is 9.45. The van der Waals surface area contributed by atoms with Crippen molar-refractivity contribution in [2.24, 2.45) is 5.92 Å². The Morgan fingerprint density at radius 1 is 1.17 bits per heavy atom. The molecule has 1 N–H and O–H groups in total. The monoisotopic (exact) mass is 325 g/mol. The summed E-state index contributed by atoms with van der Waals surface area (Å²) in [5.41, 5.74) is 0. The molecular formula is C17H27NO5. The highest BCUT2D eigenvalue weighted by Gasteiger charge is 2.47.